The van der Waals surface area contributed by atoms with Gasteiger partial charge in [0.25, 0.3) is 0 Å². The Balaban J connectivity index is 5.80. The predicted molar refractivity (Wildman–Crippen MR) is 141 cm³/mol. The average Bonchev–Trinajstić information content (AvgIpc) is 2.72. The summed E-state index contributed by atoms with van der Waals surface area (Å²) in [6.45, 7) is 28.3. The highest BCUT2D eigenvalue weighted by Gasteiger charge is 2.27. The topological polar surface area (TPSA) is 24.4 Å². The van der Waals surface area contributed by atoms with E-state index >= 15 is 0 Å². The number of rotatable bonds is 16. The molecule has 0 rings (SSSR count). The molecule has 0 amide bonds. The third-order valence-corrected chi connectivity index (χ3v) is 7.25. The second-order valence-corrected chi connectivity index (χ2v) is 9.82. The van der Waals surface area contributed by atoms with Crippen LogP contribution < -0.4 is 5.32 Å². The van der Waals surface area contributed by atoms with Crippen molar-refractivity contribution in [2.24, 2.45) is 28.7 Å². The van der Waals surface area contributed by atoms with Gasteiger partial charge in [0.2, 0.25) is 0 Å². The summed E-state index contributed by atoms with van der Waals surface area (Å²) in [7, 11) is 0. The number of hydrogen-bond donors (Lipinski definition) is 1. The van der Waals surface area contributed by atoms with Crippen molar-refractivity contribution in [2.75, 3.05) is 0 Å². The van der Waals surface area contributed by atoms with Crippen LogP contribution >= 0.6 is 0 Å². The summed E-state index contributed by atoms with van der Waals surface area (Å²) in [5.74, 6) is 5.10. The fraction of sp³-hybridized carbons (Fsp3) is 0.759. The zero-order valence-corrected chi connectivity index (χ0v) is 22.2. The Hall–Kier alpha value is -1.33. The van der Waals surface area contributed by atoms with Gasteiger partial charge in [-0.3, -0.25) is 0 Å². The van der Waals surface area contributed by atoms with E-state index in [-0.39, 0.29) is 6.04 Å². The lowest BCUT2D eigenvalue weighted by Crippen LogP contribution is -2.37. The van der Waals surface area contributed by atoms with Crippen LogP contribution in [0.3, 0.4) is 0 Å². The molecule has 0 saturated carbocycles. The minimum atomic E-state index is 0.210. The largest absolute Gasteiger partial charge is 0.307 e. The second-order valence-electron chi connectivity index (χ2n) is 9.82. The van der Waals surface area contributed by atoms with E-state index < -0.39 is 0 Å². The molecular formula is C29H52N2. The van der Waals surface area contributed by atoms with Gasteiger partial charge < -0.3 is 5.32 Å². The Morgan fingerprint density at radius 1 is 0.968 bits per heavy atom. The van der Waals surface area contributed by atoms with E-state index in [1.54, 1.807) is 0 Å². The van der Waals surface area contributed by atoms with Crippen molar-refractivity contribution in [3.05, 3.63) is 36.1 Å². The Morgan fingerprint density at radius 2 is 1.61 bits per heavy atom. The second kappa shape index (κ2) is 16.3. The Kier molecular flexibility index (Phi) is 15.6. The van der Waals surface area contributed by atoms with Gasteiger partial charge in [0, 0.05) is 18.0 Å². The third kappa shape index (κ3) is 10.7. The molecule has 2 nitrogen and oxygen atoms in total. The third-order valence-electron chi connectivity index (χ3n) is 7.25. The molecule has 0 saturated heterocycles. The lowest BCUT2D eigenvalue weighted by molar-refractivity contribution is 0.337. The van der Waals surface area contributed by atoms with Crippen LogP contribution in [-0.2, 0) is 0 Å². The maximum atomic E-state index is 4.54. The van der Waals surface area contributed by atoms with Gasteiger partial charge in [-0.25, -0.2) is 4.99 Å². The summed E-state index contributed by atoms with van der Waals surface area (Å²) in [5, 5.41) is 3.85. The summed E-state index contributed by atoms with van der Waals surface area (Å²) >= 11 is 0. The molecule has 0 heterocycles. The summed E-state index contributed by atoms with van der Waals surface area (Å²) in [6, 6.07) is 1.01. The summed E-state index contributed by atoms with van der Waals surface area (Å²) in [5.41, 5.74) is 6.10. The van der Waals surface area contributed by atoms with Crippen LogP contribution in [0.25, 0.3) is 0 Å². The average molecular weight is 429 g/mol. The predicted octanol–water partition coefficient (Wildman–Crippen LogP) is 8.16. The zero-order chi connectivity index (χ0) is 24.0. The van der Waals surface area contributed by atoms with E-state index in [4.69, 9.17) is 0 Å². The molecule has 0 aliphatic rings. The van der Waals surface area contributed by atoms with Gasteiger partial charge in [-0.05, 0) is 83.2 Å². The lowest BCUT2D eigenvalue weighted by Gasteiger charge is -2.32. The van der Waals surface area contributed by atoms with Gasteiger partial charge in [-0.2, -0.15) is 0 Å². The van der Waals surface area contributed by atoms with Crippen molar-refractivity contribution in [3.8, 4) is 0 Å². The Morgan fingerprint density at radius 3 is 2.10 bits per heavy atom. The molecule has 1 N–H and O–H groups in total. The number of allylic oxidation sites excluding steroid dienone is 1. The molecule has 0 aliphatic carbocycles. The van der Waals surface area contributed by atoms with Crippen molar-refractivity contribution < 1.29 is 0 Å². The first-order valence-corrected chi connectivity index (χ1v) is 12.7. The molecule has 0 aromatic heterocycles. The quantitative estimate of drug-likeness (QED) is 0.150. The van der Waals surface area contributed by atoms with Gasteiger partial charge in [0.1, 0.15) is 0 Å². The SMILES string of the molecule is C=C=CC(CC(CCC)C(C)=C(C)C(C(C)CC)C(C)N=C=C)NC(C)CC(C)CC. The van der Waals surface area contributed by atoms with E-state index in [1.165, 1.54) is 36.8 Å². The maximum absolute atomic E-state index is 4.54. The van der Waals surface area contributed by atoms with E-state index in [1.807, 2.05) is 0 Å². The van der Waals surface area contributed by atoms with Crippen LogP contribution in [0.2, 0.25) is 0 Å². The van der Waals surface area contributed by atoms with Crippen molar-refractivity contribution in [2.45, 2.75) is 119 Å². The maximum Gasteiger partial charge on any atom is 0.0633 e. The molecular weight excluding hydrogens is 376 g/mol. The van der Waals surface area contributed by atoms with Crippen molar-refractivity contribution in [1.29, 1.82) is 0 Å². The minimum absolute atomic E-state index is 0.210. The first kappa shape index (κ1) is 29.7. The first-order valence-electron chi connectivity index (χ1n) is 12.7. The normalized spacial score (nSPS) is 19.0. The fourth-order valence-corrected chi connectivity index (χ4v) is 5.02. The molecule has 0 fully saturated rings. The Bertz CT molecular complexity index is 619. The fourth-order valence-electron chi connectivity index (χ4n) is 5.02. The summed E-state index contributed by atoms with van der Waals surface area (Å²) in [4.78, 5) is 4.54. The molecule has 0 bridgehead atoms. The molecule has 7 atom stereocenters. The van der Waals surface area contributed by atoms with Crippen LogP contribution in [0.15, 0.2) is 41.1 Å². The molecule has 0 radical (unpaired) electrons. The number of hydrogen-bond acceptors (Lipinski definition) is 2. The zero-order valence-electron chi connectivity index (χ0n) is 22.2. The van der Waals surface area contributed by atoms with Crippen LogP contribution in [0.4, 0.5) is 0 Å². The van der Waals surface area contributed by atoms with E-state index in [9.17, 15) is 0 Å². The highest BCUT2D eigenvalue weighted by atomic mass is 14.9. The van der Waals surface area contributed by atoms with E-state index in [0.29, 0.717) is 29.8 Å². The molecule has 0 aromatic rings. The summed E-state index contributed by atoms with van der Waals surface area (Å²) < 4.78 is 0. The molecule has 0 aliphatic heterocycles. The number of nitrogens with zero attached hydrogens (tertiary/aromatic N) is 1. The highest BCUT2D eigenvalue weighted by Crippen LogP contribution is 2.35. The lowest BCUT2D eigenvalue weighted by atomic mass is 9.76. The van der Waals surface area contributed by atoms with Gasteiger partial charge in [0.05, 0.1) is 6.04 Å². The van der Waals surface area contributed by atoms with Crippen LogP contribution in [0.5, 0.6) is 0 Å². The summed E-state index contributed by atoms with van der Waals surface area (Å²) in [6.07, 6.45) is 9.22. The van der Waals surface area contributed by atoms with Crippen LogP contribution in [0.1, 0.15) is 101 Å². The van der Waals surface area contributed by atoms with Crippen molar-refractivity contribution >= 4 is 5.87 Å². The molecule has 31 heavy (non-hydrogen) atoms. The number of nitrogens with one attached hydrogen (secondary N) is 1. The molecule has 0 spiro atoms. The molecule has 0 aromatic carbocycles. The van der Waals surface area contributed by atoms with E-state index in [0.717, 1.165) is 18.8 Å². The number of aliphatic imine (C=N–C) groups is 1. The van der Waals surface area contributed by atoms with Gasteiger partial charge in [-0.15, -0.1) is 5.73 Å². The van der Waals surface area contributed by atoms with Crippen LogP contribution in [-0.4, -0.2) is 24.0 Å². The van der Waals surface area contributed by atoms with E-state index in [2.05, 4.69) is 103 Å². The molecule has 7 unspecified atom stereocenters. The smallest absolute Gasteiger partial charge is 0.0633 e. The van der Waals surface area contributed by atoms with Crippen molar-refractivity contribution in [3.63, 3.8) is 0 Å². The van der Waals surface area contributed by atoms with Crippen molar-refractivity contribution in [1.82, 2.24) is 5.32 Å². The van der Waals surface area contributed by atoms with Gasteiger partial charge >= 0.3 is 0 Å². The van der Waals surface area contributed by atoms with Gasteiger partial charge in [-0.1, -0.05) is 71.6 Å². The highest BCUT2D eigenvalue weighted by molar-refractivity contribution is 5.47. The van der Waals surface area contributed by atoms with Gasteiger partial charge in [0.15, 0.2) is 0 Å². The molecule has 178 valence electrons. The molecule has 2 heteroatoms. The first-order chi connectivity index (χ1) is 14.7. The minimum Gasteiger partial charge on any atom is -0.307 e. The Labute approximate surface area is 195 Å². The standard InChI is InChI=1S/C29H52N2/c1-12-17-27(20-28(18-13-2)31-23(8)19-21(6)14-3)24(9)25(10)29(22(7)15-4)26(11)30-16-5/h18,21-23,26-29,31H,2,5,12,14-15,17,19-20H2,1,3-4,6-11H3. The monoisotopic (exact) mass is 428 g/mol. The van der Waals surface area contributed by atoms with Crippen LogP contribution in [0, 0.1) is 23.7 Å².